The average molecular weight is 262 g/mol. The smallest absolute Gasteiger partial charge is 0.303 e. The van der Waals surface area contributed by atoms with Gasteiger partial charge in [-0.1, -0.05) is 38.5 Å². The summed E-state index contributed by atoms with van der Waals surface area (Å²) in [4.78, 5) is 20.4. The second-order valence-corrected chi connectivity index (χ2v) is 4.12. The maximum atomic E-state index is 10.2. The molecule has 0 aliphatic rings. The van der Waals surface area contributed by atoms with Crippen molar-refractivity contribution in [3.8, 4) is 0 Å². The highest BCUT2D eigenvalue weighted by Gasteiger charge is 1.98. The van der Waals surface area contributed by atoms with Gasteiger partial charge in [-0.15, -0.1) is 0 Å². The second kappa shape index (κ2) is 15.9. The summed E-state index contributed by atoms with van der Waals surface area (Å²) in [7, 11) is 0. The minimum Gasteiger partial charge on any atom is -0.481 e. The van der Waals surface area contributed by atoms with Crippen molar-refractivity contribution in [2.24, 2.45) is 11.7 Å². The van der Waals surface area contributed by atoms with E-state index in [-0.39, 0.29) is 12.8 Å². The van der Waals surface area contributed by atoms with Gasteiger partial charge < -0.3 is 10.2 Å². The summed E-state index contributed by atoms with van der Waals surface area (Å²) in [5.41, 5.74) is 0. The van der Waals surface area contributed by atoms with E-state index in [4.69, 9.17) is 10.2 Å². The van der Waals surface area contributed by atoms with Gasteiger partial charge in [-0.2, -0.15) is 0 Å². The lowest BCUT2D eigenvalue weighted by molar-refractivity contribution is -0.138. The van der Waals surface area contributed by atoms with Gasteiger partial charge in [-0.05, 0) is 12.8 Å². The van der Waals surface area contributed by atoms with Crippen LogP contribution in [0.2, 0.25) is 0 Å². The lowest BCUT2D eigenvalue weighted by Gasteiger charge is -2.00. The highest BCUT2D eigenvalue weighted by Crippen LogP contribution is 2.10. The SMILES string of the molecule is NN.O=C(O)CCCCCCCCCCC(=O)O. The van der Waals surface area contributed by atoms with E-state index in [2.05, 4.69) is 11.7 Å². The molecule has 0 aliphatic carbocycles. The van der Waals surface area contributed by atoms with Gasteiger partial charge >= 0.3 is 11.9 Å². The number of unbranched alkanes of at least 4 members (excludes halogenated alkanes) is 7. The molecular formula is C12H26N2O4. The van der Waals surface area contributed by atoms with E-state index in [0.717, 1.165) is 51.4 Å². The second-order valence-electron chi connectivity index (χ2n) is 4.12. The zero-order chi connectivity index (χ0) is 14.2. The molecule has 0 spiro atoms. The summed E-state index contributed by atoms with van der Waals surface area (Å²) in [6.07, 6.45) is 8.51. The third-order valence-electron chi connectivity index (χ3n) is 2.53. The van der Waals surface area contributed by atoms with E-state index < -0.39 is 11.9 Å². The Morgan fingerprint density at radius 3 is 1.06 bits per heavy atom. The van der Waals surface area contributed by atoms with Crippen LogP contribution in [0.1, 0.15) is 64.2 Å². The number of rotatable bonds is 11. The molecule has 0 saturated carbocycles. The Morgan fingerprint density at radius 1 is 0.611 bits per heavy atom. The molecule has 0 rings (SSSR count). The van der Waals surface area contributed by atoms with Gasteiger partial charge in [0.25, 0.3) is 0 Å². The summed E-state index contributed by atoms with van der Waals surface area (Å²) in [6, 6.07) is 0. The zero-order valence-electron chi connectivity index (χ0n) is 10.9. The number of hydrogen-bond donors (Lipinski definition) is 4. The van der Waals surface area contributed by atoms with Gasteiger partial charge in [0, 0.05) is 12.8 Å². The number of hydrazine groups is 1. The van der Waals surface area contributed by atoms with Crippen LogP contribution in [0, 0.1) is 0 Å². The number of carboxylic acid groups (broad SMARTS) is 2. The highest BCUT2D eigenvalue weighted by molar-refractivity contribution is 5.66. The van der Waals surface area contributed by atoms with E-state index >= 15 is 0 Å². The Bertz CT molecular complexity index is 188. The van der Waals surface area contributed by atoms with Crippen LogP contribution in [0.15, 0.2) is 0 Å². The fraction of sp³-hybridized carbons (Fsp3) is 0.833. The molecule has 6 nitrogen and oxygen atoms in total. The summed E-state index contributed by atoms with van der Waals surface area (Å²) < 4.78 is 0. The molecule has 0 atom stereocenters. The van der Waals surface area contributed by atoms with E-state index in [9.17, 15) is 9.59 Å². The van der Waals surface area contributed by atoms with Crippen molar-refractivity contribution in [2.75, 3.05) is 0 Å². The first kappa shape index (κ1) is 19.2. The molecule has 0 fully saturated rings. The van der Waals surface area contributed by atoms with Crippen molar-refractivity contribution >= 4 is 11.9 Å². The number of carbonyl (C=O) groups is 2. The molecule has 0 unspecified atom stereocenters. The fourth-order valence-electron chi connectivity index (χ4n) is 1.61. The van der Waals surface area contributed by atoms with Gasteiger partial charge in [-0.3, -0.25) is 21.3 Å². The topological polar surface area (TPSA) is 127 Å². The van der Waals surface area contributed by atoms with Crippen LogP contribution in [0.4, 0.5) is 0 Å². The van der Waals surface area contributed by atoms with Crippen molar-refractivity contribution in [3.63, 3.8) is 0 Å². The van der Waals surface area contributed by atoms with E-state index in [1.165, 1.54) is 0 Å². The number of hydrogen-bond acceptors (Lipinski definition) is 4. The Balaban J connectivity index is 0. The molecular weight excluding hydrogens is 236 g/mol. The maximum absolute atomic E-state index is 10.2. The van der Waals surface area contributed by atoms with Gasteiger partial charge in [0.1, 0.15) is 0 Å². The Labute approximate surface area is 108 Å². The molecule has 0 saturated heterocycles. The number of carboxylic acids is 2. The summed E-state index contributed by atoms with van der Waals surface area (Å²) in [6.45, 7) is 0. The predicted molar refractivity (Wildman–Crippen MR) is 69.8 cm³/mol. The van der Waals surface area contributed by atoms with Crippen LogP contribution < -0.4 is 11.7 Å². The quantitative estimate of drug-likeness (QED) is 0.256. The molecule has 18 heavy (non-hydrogen) atoms. The highest BCUT2D eigenvalue weighted by atomic mass is 16.4. The fourth-order valence-corrected chi connectivity index (χ4v) is 1.61. The first-order valence-corrected chi connectivity index (χ1v) is 6.40. The van der Waals surface area contributed by atoms with Crippen molar-refractivity contribution in [2.45, 2.75) is 64.2 Å². The molecule has 0 aromatic rings. The van der Waals surface area contributed by atoms with Crippen LogP contribution >= 0.6 is 0 Å². The summed E-state index contributed by atoms with van der Waals surface area (Å²) in [5.74, 6) is 6.57. The van der Waals surface area contributed by atoms with Crippen LogP contribution in [-0.2, 0) is 9.59 Å². The van der Waals surface area contributed by atoms with Crippen LogP contribution in [-0.4, -0.2) is 22.2 Å². The molecule has 108 valence electrons. The standard InChI is InChI=1S/C12H22O4.H4N2/c13-11(14)9-7-5-3-1-2-4-6-8-10-12(15)16;1-2/h1-10H2,(H,13,14)(H,15,16);1-2H2. The van der Waals surface area contributed by atoms with Gasteiger partial charge in [-0.25, -0.2) is 0 Å². The van der Waals surface area contributed by atoms with E-state index in [1.807, 2.05) is 0 Å². The Kier molecular flexibility index (Phi) is 16.9. The van der Waals surface area contributed by atoms with Crippen LogP contribution in [0.25, 0.3) is 0 Å². The van der Waals surface area contributed by atoms with Gasteiger partial charge in [0.05, 0.1) is 0 Å². The van der Waals surface area contributed by atoms with Crippen LogP contribution in [0.3, 0.4) is 0 Å². The number of aliphatic carboxylic acids is 2. The molecule has 0 aromatic carbocycles. The van der Waals surface area contributed by atoms with E-state index in [1.54, 1.807) is 0 Å². The molecule has 0 heterocycles. The van der Waals surface area contributed by atoms with Crippen LogP contribution in [0.5, 0.6) is 0 Å². The monoisotopic (exact) mass is 262 g/mol. The molecule has 6 heteroatoms. The van der Waals surface area contributed by atoms with Crippen molar-refractivity contribution in [3.05, 3.63) is 0 Å². The predicted octanol–water partition coefficient (Wildman–Crippen LogP) is 1.88. The first-order valence-electron chi connectivity index (χ1n) is 6.40. The molecule has 0 amide bonds. The summed E-state index contributed by atoms with van der Waals surface area (Å²) >= 11 is 0. The molecule has 0 radical (unpaired) electrons. The van der Waals surface area contributed by atoms with Gasteiger partial charge in [0.2, 0.25) is 0 Å². The van der Waals surface area contributed by atoms with Crippen molar-refractivity contribution in [1.82, 2.24) is 0 Å². The third kappa shape index (κ3) is 20.3. The first-order chi connectivity index (χ1) is 8.63. The van der Waals surface area contributed by atoms with E-state index in [0.29, 0.717) is 0 Å². The molecule has 0 aromatic heterocycles. The third-order valence-corrected chi connectivity index (χ3v) is 2.53. The Hall–Kier alpha value is -1.14. The molecule has 0 bridgehead atoms. The molecule has 0 aliphatic heterocycles. The van der Waals surface area contributed by atoms with Crippen molar-refractivity contribution in [1.29, 1.82) is 0 Å². The maximum Gasteiger partial charge on any atom is 0.303 e. The van der Waals surface area contributed by atoms with Gasteiger partial charge in [0.15, 0.2) is 0 Å². The minimum atomic E-state index is -0.714. The summed E-state index contributed by atoms with van der Waals surface area (Å²) in [5, 5.41) is 16.8. The number of nitrogens with two attached hydrogens (primary N) is 2. The lowest BCUT2D eigenvalue weighted by Crippen LogP contribution is -2.02. The largest absolute Gasteiger partial charge is 0.481 e. The Morgan fingerprint density at radius 2 is 0.833 bits per heavy atom. The van der Waals surface area contributed by atoms with Crippen molar-refractivity contribution < 1.29 is 19.8 Å². The average Bonchev–Trinajstić information content (AvgIpc) is 2.33. The normalized spacial score (nSPS) is 9.44. The lowest BCUT2D eigenvalue weighted by atomic mass is 10.1. The minimum absolute atomic E-state index is 0.276. The zero-order valence-corrected chi connectivity index (χ0v) is 10.9. The molecule has 6 N–H and O–H groups in total.